The minimum atomic E-state index is -0.506. The molecule has 1 rings (SSSR count). The van der Waals surface area contributed by atoms with E-state index in [1.807, 2.05) is 26.0 Å². The van der Waals surface area contributed by atoms with Gasteiger partial charge in [0.1, 0.15) is 0 Å². The molecule has 0 bridgehead atoms. The number of nitrogens with zero attached hydrogens (tertiary/aromatic N) is 1. The average Bonchev–Trinajstić information content (AvgIpc) is 2.27. The number of carbonyl (C=O) groups is 1. The first-order valence-electron chi connectivity index (χ1n) is 5.31. The maximum Gasteiger partial charge on any atom is 0.252 e. The summed E-state index contributed by atoms with van der Waals surface area (Å²) >= 11 is 0. The van der Waals surface area contributed by atoms with Crippen LogP contribution in [0.3, 0.4) is 0 Å². The minimum Gasteiger partial charge on any atom is -0.409 e. The molecule has 0 radical (unpaired) electrons. The standard InChI is InChI=1S/C12H17N3O2/c1-7-4-5-10(8(2)6-7)12(16)14-9(3)11(13)15-17/h4-6,9,17H,1-3H3,(H2,13,15)(H,14,16). The second-order valence-corrected chi connectivity index (χ2v) is 4.04. The lowest BCUT2D eigenvalue weighted by Crippen LogP contribution is -2.42. The molecular weight excluding hydrogens is 218 g/mol. The molecule has 0 fully saturated rings. The van der Waals surface area contributed by atoms with E-state index < -0.39 is 6.04 Å². The topological polar surface area (TPSA) is 87.7 Å². The van der Waals surface area contributed by atoms with Crippen LogP contribution in [0.5, 0.6) is 0 Å². The van der Waals surface area contributed by atoms with Crippen LogP contribution in [0.25, 0.3) is 0 Å². The molecule has 0 aliphatic heterocycles. The number of rotatable bonds is 3. The van der Waals surface area contributed by atoms with Crippen LogP contribution in [0.15, 0.2) is 23.4 Å². The Morgan fingerprint density at radius 3 is 2.65 bits per heavy atom. The summed E-state index contributed by atoms with van der Waals surface area (Å²) in [5.74, 6) is -0.260. The molecule has 1 amide bonds. The number of hydrogen-bond donors (Lipinski definition) is 3. The summed E-state index contributed by atoms with van der Waals surface area (Å²) < 4.78 is 0. The summed E-state index contributed by atoms with van der Waals surface area (Å²) in [5.41, 5.74) is 7.98. The summed E-state index contributed by atoms with van der Waals surface area (Å²) in [5, 5.41) is 14.0. The molecule has 0 aliphatic rings. The van der Waals surface area contributed by atoms with Gasteiger partial charge in [-0.3, -0.25) is 4.79 Å². The summed E-state index contributed by atoms with van der Waals surface area (Å²) in [4.78, 5) is 11.9. The van der Waals surface area contributed by atoms with Crippen molar-refractivity contribution in [1.82, 2.24) is 5.32 Å². The fraction of sp³-hybridized carbons (Fsp3) is 0.333. The number of amidine groups is 1. The zero-order valence-electron chi connectivity index (χ0n) is 10.2. The van der Waals surface area contributed by atoms with Gasteiger partial charge in [-0.1, -0.05) is 22.9 Å². The molecule has 92 valence electrons. The maximum atomic E-state index is 11.9. The van der Waals surface area contributed by atoms with Crippen molar-refractivity contribution in [3.63, 3.8) is 0 Å². The van der Waals surface area contributed by atoms with Crippen LogP contribution in [-0.2, 0) is 0 Å². The molecule has 0 saturated heterocycles. The molecule has 1 atom stereocenters. The summed E-state index contributed by atoms with van der Waals surface area (Å²) in [6, 6.07) is 5.06. The lowest BCUT2D eigenvalue weighted by molar-refractivity contribution is 0.0948. The molecule has 0 aromatic heterocycles. The summed E-state index contributed by atoms with van der Waals surface area (Å²) in [6.07, 6.45) is 0. The Balaban J connectivity index is 2.84. The van der Waals surface area contributed by atoms with Crippen LogP contribution in [0.2, 0.25) is 0 Å². The van der Waals surface area contributed by atoms with Gasteiger partial charge in [0.25, 0.3) is 5.91 Å². The maximum absolute atomic E-state index is 11.9. The van der Waals surface area contributed by atoms with E-state index in [0.29, 0.717) is 5.56 Å². The fourth-order valence-electron chi connectivity index (χ4n) is 1.50. The van der Waals surface area contributed by atoms with Gasteiger partial charge in [0.15, 0.2) is 5.84 Å². The van der Waals surface area contributed by atoms with E-state index in [1.54, 1.807) is 13.0 Å². The van der Waals surface area contributed by atoms with Gasteiger partial charge in [-0.05, 0) is 32.4 Å². The highest BCUT2D eigenvalue weighted by molar-refractivity contribution is 5.99. The van der Waals surface area contributed by atoms with Crippen molar-refractivity contribution in [1.29, 1.82) is 0 Å². The minimum absolute atomic E-state index is 0.0249. The molecular formula is C12H17N3O2. The van der Waals surface area contributed by atoms with Crippen molar-refractivity contribution in [2.24, 2.45) is 10.9 Å². The Hall–Kier alpha value is -2.04. The van der Waals surface area contributed by atoms with Crippen molar-refractivity contribution < 1.29 is 10.0 Å². The van der Waals surface area contributed by atoms with Gasteiger partial charge < -0.3 is 16.3 Å². The summed E-state index contributed by atoms with van der Waals surface area (Å²) in [7, 11) is 0. The zero-order valence-corrected chi connectivity index (χ0v) is 10.2. The summed E-state index contributed by atoms with van der Waals surface area (Å²) in [6.45, 7) is 5.49. The molecule has 4 N–H and O–H groups in total. The third-order valence-corrected chi connectivity index (χ3v) is 2.53. The predicted molar refractivity (Wildman–Crippen MR) is 66.3 cm³/mol. The van der Waals surface area contributed by atoms with Crippen molar-refractivity contribution in [2.45, 2.75) is 26.8 Å². The lowest BCUT2D eigenvalue weighted by atomic mass is 10.0. The van der Waals surface area contributed by atoms with Crippen molar-refractivity contribution >= 4 is 11.7 Å². The highest BCUT2D eigenvalue weighted by Gasteiger charge is 2.14. The first-order valence-corrected chi connectivity index (χ1v) is 5.31. The first kappa shape index (κ1) is 13.0. The molecule has 0 aliphatic carbocycles. The third kappa shape index (κ3) is 3.21. The van der Waals surface area contributed by atoms with Crippen LogP contribution >= 0.6 is 0 Å². The highest BCUT2D eigenvalue weighted by Crippen LogP contribution is 2.10. The number of aryl methyl sites for hydroxylation is 2. The van der Waals surface area contributed by atoms with Gasteiger partial charge >= 0.3 is 0 Å². The molecule has 17 heavy (non-hydrogen) atoms. The van der Waals surface area contributed by atoms with E-state index in [9.17, 15) is 4.79 Å². The number of carbonyl (C=O) groups excluding carboxylic acids is 1. The fourth-order valence-corrected chi connectivity index (χ4v) is 1.50. The Kier molecular flexibility index (Phi) is 4.09. The van der Waals surface area contributed by atoms with Gasteiger partial charge in [0.05, 0.1) is 6.04 Å². The van der Waals surface area contributed by atoms with Crippen LogP contribution < -0.4 is 11.1 Å². The van der Waals surface area contributed by atoms with Crippen molar-refractivity contribution in [3.8, 4) is 0 Å². The third-order valence-electron chi connectivity index (χ3n) is 2.53. The quantitative estimate of drug-likeness (QED) is 0.318. The van der Waals surface area contributed by atoms with Gasteiger partial charge in [-0.15, -0.1) is 0 Å². The molecule has 1 aromatic rings. The number of nitrogens with two attached hydrogens (primary N) is 1. The van der Waals surface area contributed by atoms with E-state index >= 15 is 0 Å². The number of amides is 1. The molecule has 1 unspecified atom stereocenters. The molecule has 5 nitrogen and oxygen atoms in total. The van der Waals surface area contributed by atoms with E-state index in [2.05, 4.69) is 10.5 Å². The second-order valence-electron chi connectivity index (χ2n) is 4.04. The zero-order chi connectivity index (χ0) is 13.0. The van der Waals surface area contributed by atoms with Crippen LogP contribution in [0, 0.1) is 13.8 Å². The predicted octanol–water partition coefficient (Wildman–Crippen LogP) is 1.17. The molecule has 0 heterocycles. The monoisotopic (exact) mass is 235 g/mol. The van der Waals surface area contributed by atoms with E-state index in [-0.39, 0.29) is 11.7 Å². The van der Waals surface area contributed by atoms with Crippen molar-refractivity contribution in [3.05, 3.63) is 34.9 Å². The Morgan fingerprint density at radius 1 is 1.47 bits per heavy atom. The normalized spacial score (nSPS) is 13.2. The molecule has 0 spiro atoms. The number of oxime groups is 1. The highest BCUT2D eigenvalue weighted by atomic mass is 16.4. The van der Waals surface area contributed by atoms with Gasteiger partial charge in [0.2, 0.25) is 0 Å². The van der Waals surface area contributed by atoms with E-state index in [1.165, 1.54) is 0 Å². The van der Waals surface area contributed by atoms with E-state index in [0.717, 1.165) is 11.1 Å². The average molecular weight is 235 g/mol. The van der Waals surface area contributed by atoms with Crippen LogP contribution in [0.1, 0.15) is 28.4 Å². The first-order chi connectivity index (χ1) is 7.95. The second kappa shape index (κ2) is 5.34. The van der Waals surface area contributed by atoms with E-state index in [4.69, 9.17) is 10.9 Å². The number of nitrogens with one attached hydrogen (secondary N) is 1. The SMILES string of the molecule is Cc1ccc(C(=O)NC(C)/C(N)=N/O)c(C)c1. The van der Waals surface area contributed by atoms with Gasteiger partial charge in [-0.2, -0.15) is 0 Å². The number of benzene rings is 1. The van der Waals surface area contributed by atoms with Crippen LogP contribution in [-0.4, -0.2) is 23.0 Å². The smallest absolute Gasteiger partial charge is 0.252 e. The molecule has 5 heteroatoms. The molecule has 0 saturated carbocycles. The Labute approximate surface area is 100 Å². The lowest BCUT2D eigenvalue weighted by Gasteiger charge is -2.13. The van der Waals surface area contributed by atoms with Crippen molar-refractivity contribution in [2.75, 3.05) is 0 Å². The largest absolute Gasteiger partial charge is 0.409 e. The Bertz CT molecular complexity index is 455. The molecule has 1 aromatic carbocycles. The van der Waals surface area contributed by atoms with Crippen LogP contribution in [0.4, 0.5) is 0 Å². The van der Waals surface area contributed by atoms with Gasteiger partial charge in [-0.25, -0.2) is 0 Å². The Morgan fingerprint density at radius 2 is 2.12 bits per heavy atom. The van der Waals surface area contributed by atoms with Gasteiger partial charge in [0, 0.05) is 5.56 Å². The number of hydrogen-bond acceptors (Lipinski definition) is 3.